The molecule has 0 spiro atoms. The Balaban J connectivity index is 1.52. The zero-order valence-electron chi connectivity index (χ0n) is 13.0. The van der Waals surface area contributed by atoms with Crippen LogP contribution < -0.4 is 10.6 Å². The second-order valence-corrected chi connectivity index (χ2v) is 5.84. The lowest BCUT2D eigenvalue weighted by Gasteiger charge is -2.11. The fourth-order valence-corrected chi connectivity index (χ4v) is 2.75. The summed E-state index contributed by atoms with van der Waals surface area (Å²) in [5.74, 6) is 0.0472. The number of nitrogens with one attached hydrogen (secondary N) is 2. The van der Waals surface area contributed by atoms with E-state index in [1.54, 1.807) is 17.8 Å². The number of aromatic nitrogens is 2. The van der Waals surface area contributed by atoms with Crippen molar-refractivity contribution < 1.29 is 9.59 Å². The smallest absolute Gasteiger partial charge is 0.237 e. The van der Waals surface area contributed by atoms with Gasteiger partial charge in [0.05, 0.1) is 11.7 Å². The van der Waals surface area contributed by atoms with Crippen molar-refractivity contribution in [1.82, 2.24) is 20.4 Å². The van der Waals surface area contributed by atoms with Crippen LogP contribution in [0, 0.1) is 5.92 Å². The molecule has 0 radical (unpaired) electrons. The number of ketones is 1. The molecule has 1 aliphatic rings. The molecule has 1 aromatic carbocycles. The average Bonchev–Trinajstić information content (AvgIpc) is 3.24. The molecule has 1 saturated heterocycles. The molecule has 2 aromatic rings. The standard InChI is InChI=1S/C17H20N4O2/c1-12(22)14-9-16(18-11-14)17(23)19-10-13-3-5-15(6-4-13)21-8-2-7-20-21/h2-8,14,16,18H,9-11H2,1H3,(H,19,23). The number of hydrogen-bond donors (Lipinski definition) is 2. The van der Waals surface area contributed by atoms with Crippen LogP contribution in [0.3, 0.4) is 0 Å². The van der Waals surface area contributed by atoms with E-state index >= 15 is 0 Å². The second-order valence-electron chi connectivity index (χ2n) is 5.84. The van der Waals surface area contributed by atoms with Crippen molar-refractivity contribution in [3.63, 3.8) is 0 Å². The predicted molar refractivity (Wildman–Crippen MR) is 86.0 cm³/mol. The van der Waals surface area contributed by atoms with Gasteiger partial charge in [-0.3, -0.25) is 9.59 Å². The number of benzene rings is 1. The summed E-state index contributed by atoms with van der Waals surface area (Å²) in [6.45, 7) is 2.64. The summed E-state index contributed by atoms with van der Waals surface area (Å²) in [6, 6.07) is 9.47. The van der Waals surface area contributed by atoms with Crippen molar-refractivity contribution in [3.8, 4) is 5.69 Å². The Morgan fingerprint density at radius 2 is 2.13 bits per heavy atom. The van der Waals surface area contributed by atoms with Crippen LogP contribution >= 0.6 is 0 Å². The summed E-state index contributed by atoms with van der Waals surface area (Å²) in [5.41, 5.74) is 2.00. The summed E-state index contributed by atoms with van der Waals surface area (Å²) in [6.07, 6.45) is 4.20. The summed E-state index contributed by atoms with van der Waals surface area (Å²) < 4.78 is 1.78. The highest BCUT2D eigenvalue weighted by atomic mass is 16.2. The molecule has 6 nitrogen and oxygen atoms in total. The van der Waals surface area contributed by atoms with E-state index in [1.165, 1.54) is 0 Å². The van der Waals surface area contributed by atoms with Crippen LogP contribution in [0.25, 0.3) is 5.69 Å². The minimum absolute atomic E-state index is 0.0425. The van der Waals surface area contributed by atoms with Crippen molar-refractivity contribution in [2.24, 2.45) is 5.92 Å². The Bertz CT molecular complexity index is 679. The summed E-state index contributed by atoms with van der Waals surface area (Å²) in [4.78, 5) is 23.5. The van der Waals surface area contributed by atoms with Crippen molar-refractivity contribution in [2.75, 3.05) is 6.54 Å². The van der Waals surface area contributed by atoms with E-state index in [1.807, 2.05) is 36.5 Å². The van der Waals surface area contributed by atoms with Gasteiger partial charge in [0, 0.05) is 31.4 Å². The van der Waals surface area contributed by atoms with E-state index in [9.17, 15) is 9.59 Å². The molecule has 2 unspecified atom stereocenters. The molecule has 2 atom stereocenters. The third-order valence-electron chi connectivity index (χ3n) is 4.19. The van der Waals surface area contributed by atoms with E-state index in [0.29, 0.717) is 19.5 Å². The van der Waals surface area contributed by atoms with Gasteiger partial charge in [-0.1, -0.05) is 12.1 Å². The Labute approximate surface area is 134 Å². The Morgan fingerprint density at radius 3 is 2.74 bits per heavy atom. The van der Waals surface area contributed by atoms with Crippen molar-refractivity contribution in [3.05, 3.63) is 48.3 Å². The largest absolute Gasteiger partial charge is 0.351 e. The number of hydrogen-bond acceptors (Lipinski definition) is 4. The Kier molecular flexibility index (Phi) is 4.52. The van der Waals surface area contributed by atoms with Crippen molar-refractivity contribution in [1.29, 1.82) is 0 Å². The Morgan fingerprint density at radius 1 is 1.35 bits per heavy atom. The molecule has 0 bridgehead atoms. The Hall–Kier alpha value is -2.47. The number of Topliss-reactive ketones (excluding diaryl/α,β-unsaturated/α-hetero) is 1. The summed E-state index contributed by atoms with van der Waals surface area (Å²) in [5, 5.41) is 10.2. The lowest BCUT2D eigenvalue weighted by molar-refractivity contribution is -0.123. The topological polar surface area (TPSA) is 76.0 Å². The zero-order valence-corrected chi connectivity index (χ0v) is 13.0. The minimum Gasteiger partial charge on any atom is -0.351 e. The normalized spacial score (nSPS) is 20.4. The molecule has 1 fully saturated rings. The maximum Gasteiger partial charge on any atom is 0.237 e. The molecule has 2 N–H and O–H groups in total. The van der Waals surface area contributed by atoms with Gasteiger partial charge in [-0.2, -0.15) is 5.10 Å². The highest BCUT2D eigenvalue weighted by molar-refractivity contribution is 5.85. The van der Waals surface area contributed by atoms with E-state index in [4.69, 9.17) is 0 Å². The lowest BCUT2D eigenvalue weighted by Crippen LogP contribution is -2.39. The molecule has 1 aromatic heterocycles. The van der Waals surface area contributed by atoms with Crippen molar-refractivity contribution >= 4 is 11.7 Å². The van der Waals surface area contributed by atoms with Crippen LogP contribution in [0.15, 0.2) is 42.7 Å². The first kappa shape index (κ1) is 15.4. The van der Waals surface area contributed by atoms with Gasteiger partial charge in [0.1, 0.15) is 5.78 Å². The van der Waals surface area contributed by atoms with E-state index in [0.717, 1.165) is 11.3 Å². The molecule has 0 saturated carbocycles. The highest BCUT2D eigenvalue weighted by Crippen LogP contribution is 2.15. The summed E-state index contributed by atoms with van der Waals surface area (Å²) in [7, 11) is 0. The minimum atomic E-state index is -0.271. The molecule has 3 rings (SSSR count). The third-order valence-corrected chi connectivity index (χ3v) is 4.19. The second kappa shape index (κ2) is 6.75. The van der Waals surface area contributed by atoms with Crippen LogP contribution in [-0.2, 0) is 16.1 Å². The van der Waals surface area contributed by atoms with Gasteiger partial charge in [-0.05, 0) is 37.1 Å². The van der Waals surface area contributed by atoms with Gasteiger partial charge >= 0.3 is 0 Å². The molecular weight excluding hydrogens is 292 g/mol. The number of amides is 1. The van der Waals surface area contributed by atoms with Crippen LogP contribution in [0.2, 0.25) is 0 Å². The molecular formula is C17H20N4O2. The maximum absolute atomic E-state index is 12.1. The van der Waals surface area contributed by atoms with Crippen LogP contribution in [-0.4, -0.2) is 34.1 Å². The molecule has 23 heavy (non-hydrogen) atoms. The average molecular weight is 312 g/mol. The van der Waals surface area contributed by atoms with E-state index < -0.39 is 0 Å². The van der Waals surface area contributed by atoms with Gasteiger partial charge in [0.25, 0.3) is 0 Å². The SMILES string of the molecule is CC(=O)C1CNC(C(=O)NCc2ccc(-n3cccn3)cc2)C1. The maximum atomic E-state index is 12.1. The van der Waals surface area contributed by atoms with Crippen LogP contribution in [0.4, 0.5) is 0 Å². The van der Waals surface area contributed by atoms with Gasteiger partial charge in [-0.25, -0.2) is 4.68 Å². The van der Waals surface area contributed by atoms with Gasteiger partial charge in [-0.15, -0.1) is 0 Å². The molecule has 0 aliphatic carbocycles. The van der Waals surface area contributed by atoms with Gasteiger partial charge < -0.3 is 10.6 Å². The highest BCUT2D eigenvalue weighted by Gasteiger charge is 2.31. The number of nitrogens with zero attached hydrogens (tertiary/aromatic N) is 2. The number of carbonyl (C=O) groups excluding carboxylic acids is 2. The van der Waals surface area contributed by atoms with Gasteiger partial charge in [0.2, 0.25) is 5.91 Å². The number of carbonyl (C=O) groups is 2. The van der Waals surface area contributed by atoms with E-state index in [2.05, 4.69) is 15.7 Å². The zero-order chi connectivity index (χ0) is 16.2. The van der Waals surface area contributed by atoms with Crippen LogP contribution in [0.1, 0.15) is 18.9 Å². The first-order valence-corrected chi connectivity index (χ1v) is 7.74. The molecule has 1 aliphatic heterocycles. The molecule has 2 heterocycles. The third kappa shape index (κ3) is 3.65. The predicted octanol–water partition coefficient (Wildman–Crippen LogP) is 1.06. The van der Waals surface area contributed by atoms with Crippen LogP contribution in [0.5, 0.6) is 0 Å². The summed E-state index contributed by atoms with van der Waals surface area (Å²) >= 11 is 0. The van der Waals surface area contributed by atoms with E-state index in [-0.39, 0.29) is 23.7 Å². The van der Waals surface area contributed by atoms with Crippen molar-refractivity contribution in [2.45, 2.75) is 25.9 Å². The fraction of sp³-hybridized carbons (Fsp3) is 0.353. The molecule has 6 heteroatoms. The lowest BCUT2D eigenvalue weighted by atomic mass is 10.0. The monoisotopic (exact) mass is 312 g/mol. The fourth-order valence-electron chi connectivity index (χ4n) is 2.75. The molecule has 1 amide bonds. The molecule has 120 valence electrons. The first-order valence-electron chi connectivity index (χ1n) is 7.74. The van der Waals surface area contributed by atoms with Gasteiger partial charge in [0.15, 0.2) is 0 Å². The quantitative estimate of drug-likeness (QED) is 0.865. The number of rotatable bonds is 5. The first-order chi connectivity index (χ1) is 11.1.